The van der Waals surface area contributed by atoms with Crippen molar-refractivity contribution in [1.29, 1.82) is 0 Å². The highest BCUT2D eigenvalue weighted by atomic mass is 79.9. The molecule has 0 saturated heterocycles. The Morgan fingerprint density at radius 2 is 2.08 bits per heavy atom. The molecular formula is C18H16BrN3O3S. The molecule has 1 aromatic heterocycles. The highest BCUT2D eigenvalue weighted by molar-refractivity contribution is 9.10. The first-order valence-electron chi connectivity index (χ1n) is 7.57. The van der Waals surface area contributed by atoms with E-state index in [1.165, 1.54) is 18.4 Å². The van der Waals surface area contributed by atoms with Gasteiger partial charge in [-0.05, 0) is 40.2 Å². The molecule has 0 radical (unpaired) electrons. The van der Waals surface area contributed by atoms with Crippen LogP contribution in [0.25, 0.3) is 11.3 Å². The Morgan fingerprint density at radius 1 is 1.23 bits per heavy atom. The van der Waals surface area contributed by atoms with E-state index >= 15 is 0 Å². The predicted octanol–water partition coefficient (Wildman–Crippen LogP) is 4.74. The van der Waals surface area contributed by atoms with Crippen molar-refractivity contribution in [2.24, 2.45) is 5.10 Å². The standard InChI is InChI=1S/C18H16BrN3O3S/c1-24-13-5-3-4-11(8-13)14-10-26-18(21-14)22-20-9-12-6-7-15(25-2)17(23)16(12)19/h3-10,23H,1-2H3,(H,21,22)/b20-9-. The smallest absolute Gasteiger partial charge is 0.203 e. The maximum absolute atomic E-state index is 9.99. The van der Waals surface area contributed by atoms with E-state index in [0.29, 0.717) is 20.9 Å². The van der Waals surface area contributed by atoms with Gasteiger partial charge >= 0.3 is 0 Å². The van der Waals surface area contributed by atoms with Crippen molar-refractivity contribution in [3.8, 4) is 28.5 Å². The number of aromatic nitrogens is 1. The van der Waals surface area contributed by atoms with Crippen molar-refractivity contribution < 1.29 is 14.6 Å². The molecule has 2 aromatic carbocycles. The number of hydrazone groups is 1. The molecule has 8 heteroatoms. The molecule has 0 saturated carbocycles. The first-order valence-corrected chi connectivity index (χ1v) is 9.24. The lowest BCUT2D eigenvalue weighted by atomic mass is 10.2. The van der Waals surface area contributed by atoms with E-state index in [0.717, 1.165) is 17.0 Å². The molecule has 0 atom stereocenters. The number of benzene rings is 2. The number of nitrogens with zero attached hydrogens (tertiary/aromatic N) is 2. The van der Waals surface area contributed by atoms with Crippen LogP contribution < -0.4 is 14.9 Å². The van der Waals surface area contributed by atoms with E-state index in [1.807, 2.05) is 29.6 Å². The lowest BCUT2D eigenvalue weighted by molar-refractivity contribution is 0.372. The maximum atomic E-state index is 9.99. The van der Waals surface area contributed by atoms with Crippen molar-refractivity contribution >= 4 is 38.6 Å². The molecule has 0 unspecified atom stereocenters. The lowest BCUT2D eigenvalue weighted by Crippen LogP contribution is -1.93. The molecule has 0 bridgehead atoms. The van der Waals surface area contributed by atoms with E-state index in [9.17, 15) is 5.11 Å². The van der Waals surface area contributed by atoms with E-state index in [-0.39, 0.29) is 5.75 Å². The summed E-state index contributed by atoms with van der Waals surface area (Å²) in [6, 6.07) is 11.2. The molecule has 0 fully saturated rings. The highest BCUT2D eigenvalue weighted by Crippen LogP contribution is 2.35. The van der Waals surface area contributed by atoms with Crippen LogP contribution in [0.1, 0.15) is 5.56 Å². The van der Waals surface area contributed by atoms with Crippen LogP contribution in [0, 0.1) is 0 Å². The van der Waals surface area contributed by atoms with Crippen LogP contribution in [0.5, 0.6) is 17.2 Å². The van der Waals surface area contributed by atoms with Crippen LogP contribution in [0.3, 0.4) is 0 Å². The van der Waals surface area contributed by atoms with Crippen molar-refractivity contribution in [3.05, 3.63) is 51.8 Å². The molecule has 0 amide bonds. The summed E-state index contributed by atoms with van der Waals surface area (Å²) in [5.41, 5.74) is 5.42. The third kappa shape index (κ3) is 3.97. The second-order valence-corrected chi connectivity index (χ2v) is 6.81. The van der Waals surface area contributed by atoms with Gasteiger partial charge in [0.25, 0.3) is 0 Å². The van der Waals surface area contributed by atoms with Gasteiger partial charge < -0.3 is 14.6 Å². The van der Waals surface area contributed by atoms with Gasteiger partial charge in [0.1, 0.15) is 5.75 Å². The average Bonchev–Trinajstić information content (AvgIpc) is 3.14. The first-order chi connectivity index (χ1) is 12.6. The Bertz CT molecular complexity index is 943. The maximum Gasteiger partial charge on any atom is 0.203 e. The molecule has 0 spiro atoms. The number of rotatable bonds is 6. The average molecular weight is 434 g/mol. The largest absolute Gasteiger partial charge is 0.503 e. The molecule has 26 heavy (non-hydrogen) atoms. The van der Waals surface area contributed by atoms with Gasteiger partial charge in [0, 0.05) is 16.5 Å². The number of thiazole rings is 1. The minimum Gasteiger partial charge on any atom is -0.503 e. The van der Waals surface area contributed by atoms with Gasteiger partial charge in [-0.15, -0.1) is 11.3 Å². The minimum absolute atomic E-state index is 0.0333. The molecular weight excluding hydrogens is 418 g/mol. The van der Waals surface area contributed by atoms with Crippen LogP contribution in [0.4, 0.5) is 5.13 Å². The van der Waals surface area contributed by atoms with Gasteiger partial charge in [-0.2, -0.15) is 5.10 Å². The van der Waals surface area contributed by atoms with Crippen molar-refractivity contribution in [1.82, 2.24) is 4.98 Å². The normalized spacial score (nSPS) is 10.9. The molecule has 134 valence electrons. The summed E-state index contributed by atoms with van der Waals surface area (Å²) in [7, 11) is 3.14. The number of methoxy groups -OCH3 is 2. The second-order valence-electron chi connectivity index (χ2n) is 5.16. The summed E-state index contributed by atoms with van der Waals surface area (Å²) in [5, 5.41) is 16.8. The lowest BCUT2D eigenvalue weighted by Gasteiger charge is -2.06. The monoisotopic (exact) mass is 433 g/mol. The van der Waals surface area contributed by atoms with E-state index in [2.05, 4.69) is 31.4 Å². The summed E-state index contributed by atoms with van der Waals surface area (Å²) >= 11 is 4.78. The summed E-state index contributed by atoms with van der Waals surface area (Å²) in [5.74, 6) is 1.21. The number of phenols is 1. The fourth-order valence-corrected chi connectivity index (χ4v) is 3.32. The van der Waals surface area contributed by atoms with Crippen LogP contribution in [-0.4, -0.2) is 30.5 Å². The number of hydrogen-bond acceptors (Lipinski definition) is 7. The molecule has 3 rings (SSSR count). The molecule has 0 aliphatic carbocycles. The zero-order valence-electron chi connectivity index (χ0n) is 14.1. The van der Waals surface area contributed by atoms with Gasteiger partial charge in [-0.1, -0.05) is 12.1 Å². The van der Waals surface area contributed by atoms with Gasteiger partial charge in [-0.3, -0.25) is 5.43 Å². The third-order valence-electron chi connectivity index (χ3n) is 3.56. The van der Waals surface area contributed by atoms with Gasteiger partial charge in [0.15, 0.2) is 11.5 Å². The first kappa shape index (κ1) is 18.2. The van der Waals surface area contributed by atoms with Crippen LogP contribution in [0.15, 0.2) is 51.4 Å². The Kier molecular flexibility index (Phi) is 5.75. The Hall–Kier alpha value is -2.58. The van der Waals surface area contributed by atoms with E-state index in [4.69, 9.17) is 9.47 Å². The van der Waals surface area contributed by atoms with Gasteiger partial charge in [0.2, 0.25) is 5.13 Å². The van der Waals surface area contributed by atoms with Gasteiger partial charge in [0.05, 0.1) is 30.6 Å². The molecule has 3 aromatic rings. The number of hydrogen-bond donors (Lipinski definition) is 2. The number of halogens is 1. The molecule has 6 nitrogen and oxygen atoms in total. The Balaban J connectivity index is 1.72. The molecule has 0 aliphatic heterocycles. The van der Waals surface area contributed by atoms with Gasteiger partial charge in [-0.25, -0.2) is 4.98 Å². The summed E-state index contributed by atoms with van der Waals surface area (Å²) in [6.07, 6.45) is 1.59. The predicted molar refractivity (Wildman–Crippen MR) is 108 cm³/mol. The third-order valence-corrected chi connectivity index (χ3v) is 5.14. The van der Waals surface area contributed by atoms with E-state index in [1.54, 1.807) is 25.5 Å². The number of phenolic OH excluding ortho intramolecular Hbond substituents is 1. The van der Waals surface area contributed by atoms with Crippen molar-refractivity contribution in [2.75, 3.05) is 19.6 Å². The zero-order valence-corrected chi connectivity index (χ0v) is 16.5. The molecule has 1 heterocycles. The second kappa shape index (κ2) is 8.20. The van der Waals surface area contributed by atoms with Crippen molar-refractivity contribution in [2.45, 2.75) is 0 Å². The summed E-state index contributed by atoms with van der Waals surface area (Å²) in [6.45, 7) is 0. The fourth-order valence-electron chi connectivity index (χ4n) is 2.22. The zero-order chi connectivity index (χ0) is 18.5. The summed E-state index contributed by atoms with van der Waals surface area (Å²) in [4.78, 5) is 4.51. The number of aromatic hydroxyl groups is 1. The highest BCUT2D eigenvalue weighted by Gasteiger charge is 2.09. The van der Waals surface area contributed by atoms with Crippen LogP contribution >= 0.6 is 27.3 Å². The van der Waals surface area contributed by atoms with Crippen LogP contribution in [-0.2, 0) is 0 Å². The van der Waals surface area contributed by atoms with Crippen LogP contribution in [0.2, 0.25) is 0 Å². The quantitative estimate of drug-likeness (QED) is 0.433. The Labute approximate surface area is 163 Å². The fraction of sp³-hybridized carbons (Fsp3) is 0.111. The summed E-state index contributed by atoms with van der Waals surface area (Å²) < 4.78 is 10.8. The molecule has 2 N–H and O–H groups in total. The minimum atomic E-state index is 0.0333. The SMILES string of the molecule is COc1cccc(-c2csc(N/N=C\c3ccc(OC)c(O)c3Br)n2)c1. The number of anilines is 1. The molecule has 0 aliphatic rings. The number of nitrogens with one attached hydrogen (secondary N) is 1. The van der Waals surface area contributed by atoms with Crippen molar-refractivity contribution in [3.63, 3.8) is 0 Å². The number of ether oxygens (including phenoxy) is 2. The van der Waals surface area contributed by atoms with E-state index < -0.39 is 0 Å². The topological polar surface area (TPSA) is 76.0 Å². The Morgan fingerprint density at radius 3 is 2.85 bits per heavy atom.